The minimum atomic E-state index is -0.748. The summed E-state index contributed by atoms with van der Waals surface area (Å²) in [6.07, 6.45) is 0. The van der Waals surface area contributed by atoms with Gasteiger partial charge in [-0.15, -0.1) is 0 Å². The summed E-state index contributed by atoms with van der Waals surface area (Å²) in [4.78, 5) is 11.4. The molecule has 1 aromatic carbocycles. The maximum absolute atomic E-state index is 13.6. The minimum absolute atomic E-state index is 0.00956. The first-order valence-electron chi connectivity index (χ1n) is 4.51. The number of nitrogens with zero attached hydrogens (tertiary/aromatic N) is 1. The van der Waals surface area contributed by atoms with Crippen molar-refractivity contribution in [1.29, 1.82) is 0 Å². The highest BCUT2D eigenvalue weighted by atomic mass is 79.9. The third-order valence-corrected chi connectivity index (χ3v) is 2.42. The van der Waals surface area contributed by atoms with E-state index in [0.29, 0.717) is 0 Å². The topological polar surface area (TPSA) is 64.7 Å². The highest BCUT2D eigenvalue weighted by Gasteiger charge is 2.20. The minimum Gasteiger partial charge on any atom is -0.461 e. The SMILES string of the molecule is CCOC(=O)C(=NN)c1cccc(Br)c1F. The molecule has 86 valence electrons. The van der Waals surface area contributed by atoms with Gasteiger partial charge in [0.15, 0.2) is 5.71 Å². The Labute approximate surface area is 100 Å². The van der Waals surface area contributed by atoms with Crippen LogP contribution in [-0.2, 0) is 9.53 Å². The van der Waals surface area contributed by atoms with Gasteiger partial charge in [-0.3, -0.25) is 0 Å². The molecule has 0 amide bonds. The van der Waals surface area contributed by atoms with E-state index < -0.39 is 11.8 Å². The molecule has 0 unspecified atom stereocenters. The van der Waals surface area contributed by atoms with Gasteiger partial charge < -0.3 is 10.6 Å². The molecule has 4 nitrogen and oxygen atoms in total. The lowest BCUT2D eigenvalue weighted by molar-refractivity contribution is -0.134. The van der Waals surface area contributed by atoms with Gasteiger partial charge in [0.05, 0.1) is 11.1 Å². The summed E-state index contributed by atoms with van der Waals surface area (Å²) in [5, 5.41) is 3.26. The summed E-state index contributed by atoms with van der Waals surface area (Å²) in [5.41, 5.74) is -0.226. The van der Waals surface area contributed by atoms with Crippen LogP contribution in [0, 0.1) is 5.82 Å². The van der Waals surface area contributed by atoms with Gasteiger partial charge in [0.2, 0.25) is 0 Å². The molecule has 16 heavy (non-hydrogen) atoms. The van der Waals surface area contributed by atoms with E-state index >= 15 is 0 Å². The second-order valence-corrected chi connectivity index (χ2v) is 3.65. The van der Waals surface area contributed by atoms with Crippen LogP contribution in [0.2, 0.25) is 0 Å². The Morgan fingerprint density at radius 1 is 1.62 bits per heavy atom. The Hall–Kier alpha value is -1.43. The smallest absolute Gasteiger partial charge is 0.359 e. The zero-order valence-electron chi connectivity index (χ0n) is 8.54. The standard InChI is InChI=1S/C10H10BrFN2O2/c1-2-16-10(15)9(14-13)6-4-3-5-7(11)8(6)12/h3-5H,2,13H2,1H3. The molecule has 2 N–H and O–H groups in total. The van der Waals surface area contributed by atoms with Crippen molar-refractivity contribution in [1.82, 2.24) is 0 Å². The lowest BCUT2D eigenvalue weighted by Gasteiger charge is -2.06. The molecule has 0 radical (unpaired) electrons. The molecular formula is C10H10BrFN2O2. The number of nitrogens with two attached hydrogens (primary N) is 1. The number of hydrazone groups is 1. The number of esters is 1. The average molecular weight is 289 g/mol. The van der Waals surface area contributed by atoms with Crippen LogP contribution in [0.4, 0.5) is 4.39 Å². The number of hydrogen-bond donors (Lipinski definition) is 1. The molecule has 1 rings (SSSR count). The van der Waals surface area contributed by atoms with Crippen molar-refractivity contribution in [2.45, 2.75) is 6.92 Å². The van der Waals surface area contributed by atoms with E-state index in [2.05, 4.69) is 21.0 Å². The predicted molar refractivity (Wildman–Crippen MR) is 61.5 cm³/mol. The molecule has 0 saturated carbocycles. The van der Waals surface area contributed by atoms with Crippen LogP contribution in [0.1, 0.15) is 12.5 Å². The number of ether oxygens (including phenoxy) is 1. The van der Waals surface area contributed by atoms with Crippen LogP contribution in [-0.4, -0.2) is 18.3 Å². The number of carbonyl (C=O) groups is 1. The van der Waals surface area contributed by atoms with E-state index in [9.17, 15) is 9.18 Å². The van der Waals surface area contributed by atoms with E-state index in [1.807, 2.05) is 0 Å². The number of rotatable bonds is 3. The fourth-order valence-corrected chi connectivity index (χ4v) is 1.48. The first-order valence-corrected chi connectivity index (χ1v) is 5.30. The summed E-state index contributed by atoms with van der Waals surface area (Å²) in [6, 6.07) is 4.49. The highest BCUT2D eigenvalue weighted by molar-refractivity contribution is 9.10. The molecule has 0 aliphatic carbocycles. The molecule has 6 heteroatoms. The Bertz CT molecular complexity index is 435. The van der Waals surface area contributed by atoms with Gasteiger partial charge in [-0.1, -0.05) is 6.07 Å². The van der Waals surface area contributed by atoms with Crippen molar-refractivity contribution >= 4 is 27.6 Å². The van der Waals surface area contributed by atoms with Gasteiger partial charge in [0.1, 0.15) is 5.82 Å². The molecule has 0 heterocycles. The van der Waals surface area contributed by atoms with Crippen molar-refractivity contribution in [3.8, 4) is 0 Å². The Balaban J connectivity index is 3.15. The summed E-state index contributed by atoms with van der Waals surface area (Å²) in [7, 11) is 0. The number of carbonyl (C=O) groups excluding carboxylic acids is 1. The van der Waals surface area contributed by atoms with Crippen LogP contribution >= 0.6 is 15.9 Å². The van der Waals surface area contributed by atoms with Gasteiger partial charge >= 0.3 is 5.97 Å². The Kier molecular flexibility index (Phi) is 4.42. The number of hydrogen-bond acceptors (Lipinski definition) is 4. The first kappa shape index (κ1) is 12.6. The van der Waals surface area contributed by atoms with Gasteiger partial charge in [0, 0.05) is 5.56 Å². The third kappa shape index (κ3) is 2.57. The van der Waals surface area contributed by atoms with Crippen molar-refractivity contribution < 1.29 is 13.9 Å². The van der Waals surface area contributed by atoms with Crippen LogP contribution in [0.15, 0.2) is 27.8 Å². The molecule has 0 bridgehead atoms. The van der Waals surface area contributed by atoms with Crippen LogP contribution in [0.25, 0.3) is 0 Å². The second-order valence-electron chi connectivity index (χ2n) is 2.80. The van der Waals surface area contributed by atoms with Gasteiger partial charge in [-0.2, -0.15) is 5.10 Å². The van der Waals surface area contributed by atoms with E-state index in [-0.39, 0.29) is 22.4 Å². The lowest BCUT2D eigenvalue weighted by Crippen LogP contribution is -2.21. The lowest BCUT2D eigenvalue weighted by atomic mass is 10.1. The van der Waals surface area contributed by atoms with E-state index in [4.69, 9.17) is 10.6 Å². The summed E-state index contributed by atoms with van der Waals surface area (Å²) in [6.45, 7) is 1.82. The zero-order valence-corrected chi connectivity index (χ0v) is 10.1. The second kappa shape index (κ2) is 5.60. The number of benzene rings is 1. The molecular weight excluding hydrogens is 279 g/mol. The maximum Gasteiger partial charge on any atom is 0.359 e. The van der Waals surface area contributed by atoms with Crippen molar-refractivity contribution in [2.24, 2.45) is 10.9 Å². The fourth-order valence-electron chi connectivity index (χ4n) is 1.12. The summed E-state index contributed by atoms with van der Waals surface area (Å²) in [5.74, 6) is 3.71. The molecule has 0 atom stereocenters. The molecule has 0 saturated heterocycles. The van der Waals surface area contributed by atoms with Crippen LogP contribution < -0.4 is 5.84 Å². The van der Waals surface area contributed by atoms with Crippen molar-refractivity contribution in [2.75, 3.05) is 6.61 Å². The normalized spacial score (nSPS) is 11.3. The van der Waals surface area contributed by atoms with Gasteiger partial charge in [-0.05, 0) is 35.0 Å². The quantitative estimate of drug-likeness (QED) is 0.399. The Morgan fingerprint density at radius 2 is 2.31 bits per heavy atom. The zero-order chi connectivity index (χ0) is 12.1. The summed E-state index contributed by atoms with van der Waals surface area (Å²) >= 11 is 3.01. The highest BCUT2D eigenvalue weighted by Crippen LogP contribution is 2.19. The van der Waals surface area contributed by atoms with Gasteiger partial charge in [0.25, 0.3) is 0 Å². The number of halogens is 2. The first-order chi connectivity index (χ1) is 7.61. The van der Waals surface area contributed by atoms with Crippen molar-refractivity contribution in [3.05, 3.63) is 34.1 Å². The molecule has 1 aromatic rings. The Morgan fingerprint density at radius 3 is 2.88 bits per heavy atom. The molecule has 0 aromatic heterocycles. The molecule has 0 spiro atoms. The average Bonchev–Trinajstić information content (AvgIpc) is 2.25. The van der Waals surface area contributed by atoms with E-state index in [1.165, 1.54) is 12.1 Å². The summed E-state index contributed by atoms with van der Waals surface area (Å²) < 4.78 is 18.6. The monoisotopic (exact) mass is 288 g/mol. The van der Waals surface area contributed by atoms with Crippen molar-refractivity contribution in [3.63, 3.8) is 0 Å². The van der Waals surface area contributed by atoms with E-state index in [1.54, 1.807) is 13.0 Å². The molecule has 0 aliphatic heterocycles. The fraction of sp³-hybridized carbons (Fsp3) is 0.200. The predicted octanol–water partition coefficient (Wildman–Crippen LogP) is 1.81. The van der Waals surface area contributed by atoms with Crippen LogP contribution in [0.3, 0.4) is 0 Å². The third-order valence-electron chi connectivity index (χ3n) is 1.80. The largest absolute Gasteiger partial charge is 0.461 e. The van der Waals surface area contributed by atoms with Gasteiger partial charge in [-0.25, -0.2) is 9.18 Å². The molecule has 0 fully saturated rings. The van der Waals surface area contributed by atoms with E-state index in [0.717, 1.165) is 0 Å². The van der Waals surface area contributed by atoms with Crippen LogP contribution in [0.5, 0.6) is 0 Å². The maximum atomic E-state index is 13.6. The molecule has 0 aliphatic rings.